The maximum Gasteiger partial charge on any atom is 0.303 e. The highest BCUT2D eigenvalue weighted by Gasteiger charge is 2.13. The van der Waals surface area contributed by atoms with Gasteiger partial charge < -0.3 is 9.90 Å². The molecular weight excluding hydrogens is 188 g/mol. The summed E-state index contributed by atoms with van der Waals surface area (Å²) in [5.41, 5.74) is 0. The van der Waals surface area contributed by atoms with Crippen LogP contribution in [-0.4, -0.2) is 28.4 Å². The second kappa shape index (κ2) is 6.95. The molecular formula is C9H16O3S. The van der Waals surface area contributed by atoms with Gasteiger partial charge in [0.05, 0.1) is 0 Å². The molecule has 0 aromatic rings. The number of carboxylic acid groups (broad SMARTS) is 1. The zero-order valence-corrected chi connectivity index (χ0v) is 8.84. The molecule has 4 heteroatoms. The minimum atomic E-state index is -0.751. The molecule has 0 fully saturated rings. The van der Waals surface area contributed by atoms with Crippen LogP contribution in [0, 0.1) is 5.92 Å². The third kappa shape index (κ3) is 6.63. The maximum atomic E-state index is 10.3. The number of rotatable bonds is 7. The van der Waals surface area contributed by atoms with Crippen LogP contribution in [0.15, 0.2) is 0 Å². The first-order chi connectivity index (χ1) is 6.07. The van der Waals surface area contributed by atoms with Crippen molar-refractivity contribution in [3.05, 3.63) is 0 Å². The van der Waals surface area contributed by atoms with Crippen LogP contribution in [0.1, 0.15) is 26.7 Å². The average Bonchev–Trinajstić information content (AvgIpc) is 2.10. The minimum Gasteiger partial charge on any atom is -0.481 e. The van der Waals surface area contributed by atoms with E-state index in [1.165, 1.54) is 0 Å². The summed E-state index contributed by atoms with van der Waals surface area (Å²) in [5.74, 6) is 0.0963. The Hall–Kier alpha value is -0.510. The molecule has 0 saturated heterocycles. The first-order valence-electron chi connectivity index (χ1n) is 4.35. The zero-order valence-electron chi connectivity index (χ0n) is 8.03. The molecule has 0 radical (unpaired) electrons. The standard InChI is InChI=1S/C9H16O3S/c1-7(3-4-9(11)12)8(2)13-6-5-10/h5,7-8H,3-4,6H2,1-2H3,(H,11,12). The lowest BCUT2D eigenvalue weighted by atomic mass is 10.0. The van der Waals surface area contributed by atoms with Gasteiger partial charge in [0.15, 0.2) is 0 Å². The molecule has 0 aromatic carbocycles. The van der Waals surface area contributed by atoms with Gasteiger partial charge >= 0.3 is 5.97 Å². The van der Waals surface area contributed by atoms with E-state index in [0.717, 1.165) is 6.29 Å². The predicted octanol–water partition coefficient (Wildman–Crippen LogP) is 1.81. The van der Waals surface area contributed by atoms with Gasteiger partial charge in [0.25, 0.3) is 0 Å². The zero-order chi connectivity index (χ0) is 10.3. The molecule has 0 spiro atoms. The van der Waals surface area contributed by atoms with Crippen molar-refractivity contribution in [2.24, 2.45) is 5.92 Å². The smallest absolute Gasteiger partial charge is 0.303 e. The van der Waals surface area contributed by atoms with E-state index < -0.39 is 5.97 Å². The normalized spacial score (nSPS) is 14.9. The molecule has 0 aliphatic heterocycles. The van der Waals surface area contributed by atoms with Crippen LogP contribution in [0.3, 0.4) is 0 Å². The van der Waals surface area contributed by atoms with E-state index in [4.69, 9.17) is 5.11 Å². The van der Waals surface area contributed by atoms with E-state index in [0.29, 0.717) is 23.3 Å². The van der Waals surface area contributed by atoms with Crippen molar-refractivity contribution in [1.82, 2.24) is 0 Å². The predicted molar refractivity (Wildman–Crippen MR) is 54.0 cm³/mol. The molecule has 76 valence electrons. The molecule has 0 heterocycles. The summed E-state index contributed by atoms with van der Waals surface area (Å²) < 4.78 is 0. The van der Waals surface area contributed by atoms with Gasteiger partial charge in [0.1, 0.15) is 6.29 Å². The van der Waals surface area contributed by atoms with Gasteiger partial charge in [-0.15, -0.1) is 0 Å². The Bertz CT molecular complexity index is 170. The largest absolute Gasteiger partial charge is 0.481 e. The Kier molecular flexibility index (Phi) is 6.68. The van der Waals surface area contributed by atoms with E-state index >= 15 is 0 Å². The van der Waals surface area contributed by atoms with Crippen molar-refractivity contribution >= 4 is 24.0 Å². The van der Waals surface area contributed by atoms with Gasteiger partial charge in [-0.1, -0.05) is 13.8 Å². The minimum absolute atomic E-state index is 0.215. The van der Waals surface area contributed by atoms with E-state index in [9.17, 15) is 9.59 Å². The van der Waals surface area contributed by atoms with Crippen LogP contribution in [0.25, 0.3) is 0 Å². The third-order valence-electron chi connectivity index (χ3n) is 2.04. The van der Waals surface area contributed by atoms with Gasteiger partial charge in [0.2, 0.25) is 0 Å². The summed E-state index contributed by atoms with van der Waals surface area (Å²) >= 11 is 1.58. The number of carbonyl (C=O) groups is 2. The number of carboxylic acids is 1. The van der Waals surface area contributed by atoms with Crippen LogP contribution in [0.2, 0.25) is 0 Å². The first-order valence-corrected chi connectivity index (χ1v) is 5.39. The lowest BCUT2D eigenvalue weighted by Crippen LogP contribution is -2.12. The highest BCUT2D eigenvalue weighted by molar-refractivity contribution is 8.00. The summed E-state index contributed by atoms with van der Waals surface area (Å²) in [4.78, 5) is 20.4. The van der Waals surface area contributed by atoms with E-state index in [1.54, 1.807) is 11.8 Å². The molecule has 0 aromatic heterocycles. The summed E-state index contributed by atoms with van der Waals surface area (Å²) in [5, 5.41) is 8.81. The van der Waals surface area contributed by atoms with Gasteiger partial charge in [-0.2, -0.15) is 11.8 Å². The molecule has 2 unspecified atom stereocenters. The van der Waals surface area contributed by atoms with Crippen molar-refractivity contribution in [3.8, 4) is 0 Å². The molecule has 0 rings (SSSR count). The Labute approximate surface area is 82.9 Å². The maximum absolute atomic E-state index is 10.3. The Morgan fingerprint density at radius 3 is 2.62 bits per heavy atom. The summed E-state index contributed by atoms with van der Waals surface area (Å²) in [6, 6.07) is 0. The molecule has 0 bridgehead atoms. The van der Waals surface area contributed by atoms with Gasteiger partial charge in [-0.3, -0.25) is 4.79 Å². The van der Waals surface area contributed by atoms with Crippen LogP contribution in [0.5, 0.6) is 0 Å². The fourth-order valence-electron chi connectivity index (χ4n) is 0.941. The highest BCUT2D eigenvalue weighted by Crippen LogP contribution is 2.22. The Balaban J connectivity index is 3.61. The Morgan fingerprint density at radius 1 is 1.54 bits per heavy atom. The third-order valence-corrected chi connectivity index (χ3v) is 3.36. The number of thioether (sulfide) groups is 1. The lowest BCUT2D eigenvalue weighted by Gasteiger charge is -2.17. The fraction of sp³-hybridized carbons (Fsp3) is 0.778. The van der Waals surface area contributed by atoms with Crippen molar-refractivity contribution in [3.63, 3.8) is 0 Å². The van der Waals surface area contributed by atoms with Crippen molar-refractivity contribution in [2.45, 2.75) is 31.9 Å². The molecule has 0 amide bonds. The van der Waals surface area contributed by atoms with E-state index in [-0.39, 0.29) is 6.42 Å². The van der Waals surface area contributed by atoms with E-state index in [1.807, 2.05) is 13.8 Å². The molecule has 2 atom stereocenters. The molecule has 0 aliphatic rings. The number of hydrogen-bond donors (Lipinski definition) is 1. The van der Waals surface area contributed by atoms with E-state index in [2.05, 4.69) is 0 Å². The second-order valence-electron chi connectivity index (χ2n) is 3.11. The molecule has 0 saturated carbocycles. The summed E-state index contributed by atoms with van der Waals surface area (Å²) in [6.07, 6.45) is 1.78. The van der Waals surface area contributed by atoms with Crippen molar-refractivity contribution < 1.29 is 14.7 Å². The SMILES string of the molecule is CC(CCC(=O)O)C(C)SCC=O. The quantitative estimate of drug-likeness (QED) is 0.642. The van der Waals surface area contributed by atoms with Crippen molar-refractivity contribution in [2.75, 3.05) is 5.75 Å². The molecule has 13 heavy (non-hydrogen) atoms. The summed E-state index contributed by atoms with van der Waals surface area (Å²) in [6.45, 7) is 4.05. The average molecular weight is 204 g/mol. The fourth-order valence-corrected chi connectivity index (χ4v) is 1.79. The highest BCUT2D eigenvalue weighted by atomic mass is 32.2. The van der Waals surface area contributed by atoms with Crippen LogP contribution in [-0.2, 0) is 9.59 Å². The van der Waals surface area contributed by atoms with Crippen molar-refractivity contribution in [1.29, 1.82) is 0 Å². The van der Waals surface area contributed by atoms with Crippen LogP contribution in [0.4, 0.5) is 0 Å². The molecule has 0 aliphatic carbocycles. The van der Waals surface area contributed by atoms with Crippen LogP contribution >= 0.6 is 11.8 Å². The number of aldehydes is 1. The second-order valence-corrected chi connectivity index (χ2v) is 4.53. The van der Waals surface area contributed by atoms with Crippen LogP contribution < -0.4 is 0 Å². The molecule has 1 N–H and O–H groups in total. The lowest BCUT2D eigenvalue weighted by molar-refractivity contribution is -0.137. The number of aliphatic carboxylic acids is 1. The molecule has 3 nitrogen and oxygen atoms in total. The topological polar surface area (TPSA) is 54.4 Å². The number of carbonyl (C=O) groups excluding carboxylic acids is 1. The van der Waals surface area contributed by atoms with Gasteiger partial charge in [-0.25, -0.2) is 0 Å². The first kappa shape index (κ1) is 12.5. The Morgan fingerprint density at radius 2 is 2.15 bits per heavy atom. The monoisotopic (exact) mass is 204 g/mol. The number of hydrogen-bond acceptors (Lipinski definition) is 3. The van der Waals surface area contributed by atoms with Gasteiger partial charge in [0, 0.05) is 17.4 Å². The van der Waals surface area contributed by atoms with Gasteiger partial charge in [-0.05, 0) is 12.3 Å². The summed E-state index contributed by atoms with van der Waals surface area (Å²) in [7, 11) is 0.